The van der Waals surface area contributed by atoms with Crippen LogP contribution in [0.25, 0.3) is 0 Å². The summed E-state index contributed by atoms with van der Waals surface area (Å²) in [5.41, 5.74) is -0.500. The summed E-state index contributed by atoms with van der Waals surface area (Å²) in [6.45, 7) is 5.27. The lowest BCUT2D eigenvalue weighted by Crippen LogP contribution is -2.51. The molecule has 0 radical (unpaired) electrons. The van der Waals surface area contributed by atoms with Crippen molar-refractivity contribution in [3.8, 4) is 0 Å². The molecule has 0 bridgehead atoms. The largest absolute Gasteiger partial charge is 0.403 e. The Balaban J connectivity index is 2.52. The average molecular weight is 211 g/mol. The molecule has 1 N–H and O–H groups in total. The highest BCUT2D eigenvalue weighted by Crippen LogP contribution is 2.28. The molecule has 1 rings (SSSR count). The van der Waals surface area contributed by atoms with Crippen LogP contribution in [0.3, 0.4) is 0 Å². The summed E-state index contributed by atoms with van der Waals surface area (Å²) in [7, 11) is 0. The molecule has 1 aliphatic rings. The second-order valence-electron chi connectivity index (χ2n) is 4.22. The van der Waals surface area contributed by atoms with Gasteiger partial charge < -0.3 is 10.1 Å². The van der Waals surface area contributed by atoms with Crippen LogP contribution < -0.4 is 5.32 Å². The Morgan fingerprint density at radius 3 is 2.36 bits per heavy atom. The Hall–Kier alpha value is -0.290. The van der Waals surface area contributed by atoms with Crippen LogP contribution in [-0.2, 0) is 4.74 Å². The van der Waals surface area contributed by atoms with E-state index in [0.29, 0.717) is 13.0 Å². The van der Waals surface area contributed by atoms with E-state index in [0.717, 1.165) is 6.92 Å². The molecule has 0 saturated carbocycles. The molecule has 2 atom stereocenters. The third-order valence-electron chi connectivity index (χ3n) is 2.66. The third kappa shape index (κ3) is 2.60. The van der Waals surface area contributed by atoms with E-state index in [9.17, 15) is 13.2 Å². The zero-order valence-corrected chi connectivity index (χ0v) is 8.61. The van der Waals surface area contributed by atoms with Crippen molar-refractivity contribution in [3.05, 3.63) is 0 Å². The maximum atomic E-state index is 12.3. The van der Waals surface area contributed by atoms with Crippen LogP contribution in [0.5, 0.6) is 0 Å². The maximum Gasteiger partial charge on any atom is 0.403 e. The van der Waals surface area contributed by atoms with E-state index in [1.807, 2.05) is 0 Å². The lowest BCUT2D eigenvalue weighted by Gasteiger charge is -2.30. The predicted octanol–water partition coefficient (Wildman–Crippen LogP) is 2.09. The smallest absolute Gasteiger partial charge is 0.374 e. The first-order valence-electron chi connectivity index (χ1n) is 4.70. The summed E-state index contributed by atoms with van der Waals surface area (Å²) in [6.07, 6.45) is -3.55. The molecule has 1 fully saturated rings. The van der Waals surface area contributed by atoms with Crippen molar-refractivity contribution in [3.63, 3.8) is 0 Å². The van der Waals surface area contributed by atoms with E-state index >= 15 is 0 Å². The molecule has 2 nitrogen and oxygen atoms in total. The average Bonchev–Trinajstić information content (AvgIpc) is 2.29. The van der Waals surface area contributed by atoms with Crippen LogP contribution in [0.15, 0.2) is 0 Å². The highest BCUT2D eigenvalue weighted by atomic mass is 19.4. The Bertz CT molecular complexity index is 203. The van der Waals surface area contributed by atoms with E-state index in [-0.39, 0.29) is 6.04 Å². The van der Waals surface area contributed by atoms with E-state index in [2.05, 4.69) is 5.32 Å². The fraction of sp³-hybridized carbons (Fsp3) is 1.00. The van der Waals surface area contributed by atoms with Crippen LogP contribution >= 0.6 is 0 Å². The van der Waals surface area contributed by atoms with Gasteiger partial charge in [0.2, 0.25) is 0 Å². The SMILES string of the molecule is CC(NC1CCOC1(C)C)C(F)(F)F. The van der Waals surface area contributed by atoms with Crippen LogP contribution in [-0.4, -0.2) is 30.5 Å². The maximum absolute atomic E-state index is 12.3. The molecule has 14 heavy (non-hydrogen) atoms. The van der Waals surface area contributed by atoms with Crippen LogP contribution in [0, 0.1) is 0 Å². The van der Waals surface area contributed by atoms with Gasteiger partial charge in [0.25, 0.3) is 0 Å². The van der Waals surface area contributed by atoms with Gasteiger partial charge in [-0.25, -0.2) is 0 Å². The molecular formula is C9H16F3NO. The van der Waals surface area contributed by atoms with Gasteiger partial charge >= 0.3 is 6.18 Å². The molecule has 1 heterocycles. The topological polar surface area (TPSA) is 21.3 Å². The third-order valence-corrected chi connectivity index (χ3v) is 2.66. The molecule has 84 valence electrons. The fourth-order valence-electron chi connectivity index (χ4n) is 1.57. The van der Waals surface area contributed by atoms with Crippen molar-refractivity contribution < 1.29 is 17.9 Å². The Morgan fingerprint density at radius 2 is 2.00 bits per heavy atom. The van der Waals surface area contributed by atoms with Crippen molar-refractivity contribution in [1.82, 2.24) is 5.32 Å². The Kier molecular flexibility index (Phi) is 3.11. The van der Waals surface area contributed by atoms with E-state index in [1.54, 1.807) is 13.8 Å². The normalized spacial score (nSPS) is 29.1. The summed E-state index contributed by atoms with van der Waals surface area (Å²) in [6, 6.07) is -1.70. The zero-order chi connectivity index (χ0) is 11.0. The number of ether oxygens (including phenoxy) is 1. The van der Waals surface area contributed by atoms with Gasteiger partial charge in [-0.05, 0) is 27.2 Å². The molecule has 5 heteroatoms. The monoisotopic (exact) mass is 211 g/mol. The predicted molar refractivity (Wildman–Crippen MR) is 47.1 cm³/mol. The number of alkyl halides is 3. The lowest BCUT2D eigenvalue weighted by atomic mass is 9.98. The first-order chi connectivity index (χ1) is 6.23. The summed E-state index contributed by atoms with van der Waals surface area (Å²) < 4.78 is 42.1. The standard InChI is InChI=1S/C9H16F3NO/c1-6(9(10,11)12)13-7-4-5-14-8(7,2)3/h6-7,13H,4-5H2,1-3H3. The molecule has 0 aromatic heterocycles. The van der Waals surface area contributed by atoms with E-state index in [1.165, 1.54) is 0 Å². The first kappa shape index (κ1) is 11.8. The molecule has 1 saturated heterocycles. The Morgan fingerprint density at radius 1 is 1.43 bits per heavy atom. The van der Waals surface area contributed by atoms with Crippen LogP contribution in [0.2, 0.25) is 0 Å². The molecule has 2 unspecified atom stereocenters. The molecule has 0 amide bonds. The second-order valence-corrected chi connectivity index (χ2v) is 4.22. The second kappa shape index (κ2) is 3.70. The van der Waals surface area contributed by atoms with Crippen LogP contribution in [0.4, 0.5) is 13.2 Å². The highest BCUT2D eigenvalue weighted by molar-refractivity contribution is 4.92. The Labute approximate surface area is 81.8 Å². The number of nitrogens with one attached hydrogen (secondary N) is 1. The quantitative estimate of drug-likeness (QED) is 0.755. The summed E-state index contributed by atoms with van der Waals surface area (Å²) in [5, 5.41) is 2.56. The van der Waals surface area contributed by atoms with Gasteiger partial charge in [0, 0.05) is 12.6 Å². The molecule has 1 aliphatic heterocycles. The van der Waals surface area contributed by atoms with Crippen molar-refractivity contribution in [1.29, 1.82) is 0 Å². The van der Waals surface area contributed by atoms with Gasteiger partial charge in [-0.1, -0.05) is 0 Å². The lowest BCUT2D eigenvalue weighted by molar-refractivity contribution is -0.155. The highest BCUT2D eigenvalue weighted by Gasteiger charge is 2.42. The number of halogens is 3. The van der Waals surface area contributed by atoms with Crippen molar-refractivity contribution in [2.24, 2.45) is 0 Å². The summed E-state index contributed by atoms with van der Waals surface area (Å²) in [5.74, 6) is 0. The molecule has 0 aromatic carbocycles. The van der Waals surface area contributed by atoms with Crippen molar-refractivity contribution >= 4 is 0 Å². The van der Waals surface area contributed by atoms with Crippen molar-refractivity contribution in [2.75, 3.05) is 6.61 Å². The minimum Gasteiger partial charge on any atom is -0.374 e. The molecule has 0 aliphatic carbocycles. The van der Waals surface area contributed by atoms with E-state index < -0.39 is 17.8 Å². The number of rotatable bonds is 2. The van der Waals surface area contributed by atoms with Gasteiger partial charge in [0.1, 0.15) is 6.04 Å². The van der Waals surface area contributed by atoms with Crippen molar-refractivity contribution in [2.45, 2.75) is 51.1 Å². The summed E-state index contributed by atoms with van der Waals surface area (Å²) >= 11 is 0. The van der Waals surface area contributed by atoms with E-state index in [4.69, 9.17) is 4.74 Å². The first-order valence-corrected chi connectivity index (χ1v) is 4.70. The van der Waals surface area contributed by atoms with Gasteiger partial charge in [0.05, 0.1) is 5.60 Å². The molecule has 0 spiro atoms. The summed E-state index contributed by atoms with van der Waals surface area (Å²) in [4.78, 5) is 0. The molecular weight excluding hydrogens is 195 g/mol. The van der Waals surface area contributed by atoms with Crippen LogP contribution in [0.1, 0.15) is 27.2 Å². The molecule has 0 aromatic rings. The minimum atomic E-state index is -4.18. The fourth-order valence-corrected chi connectivity index (χ4v) is 1.57. The minimum absolute atomic E-state index is 0.223. The number of hydrogen-bond acceptors (Lipinski definition) is 2. The van der Waals surface area contributed by atoms with Gasteiger partial charge in [-0.2, -0.15) is 13.2 Å². The number of hydrogen-bond donors (Lipinski definition) is 1. The van der Waals surface area contributed by atoms with Gasteiger partial charge in [-0.15, -0.1) is 0 Å². The van der Waals surface area contributed by atoms with Gasteiger partial charge in [0.15, 0.2) is 0 Å². The van der Waals surface area contributed by atoms with Gasteiger partial charge in [-0.3, -0.25) is 0 Å². The zero-order valence-electron chi connectivity index (χ0n) is 8.61.